The Morgan fingerprint density at radius 2 is 1.54 bits per heavy atom. The number of anilines is 1. The number of benzene rings is 2. The maximum Gasteiger partial charge on any atom is 0.417 e. The van der Waals surface area contributed by atoms with Crippen molar-refractivity contribution in [2.24, 2.45) is 0 Å². The van der Waals surface area contributed by atoms with E-state index in [-0.39, 0.29) is 12.1 Å². The van der Waals surface area contributed by atoms with Gasteiger partial charge < -0.3 is 9.80 Å². The van der Waals surface area contributed by atoms with Crippen LogP contribution >= 0.6 is 0 Å². The minimum atomic E-state index is -4.56. The molecule has 6 heteroatoms. The molecule has 0 aliphatic rings. The van der Waals surface area contributed by atoms with Crippen molar-refractivity contribution in [2.75, 3.05) is 26.0 Å². The van der Waals surface area contributed by atoms with Crippen LogP contribution in [-0.2, 0) is 12.7 Å². The molecule has 0 atom stereocenters. The van der Waals surface area contributed by atoms with Crippen LogP contribution in [0.3, 0.4) is 0 Å². The second-order valence-electron chi connectivity index (χ2n) is 5.77. The van der Waals surface area contributed by atoms with E-state index in [1.807, 2.05) is 43.3 Å². The first-order valence-corrected chi connectivity index (χ1v) is 7.38. The summed E-state index contributed by atoms with van der Waals surface area (Å²) >= 11 is 0. The summed E-state index contributed by atoms with van der Waals surface area (Å²) in [5.41, 5.74) is 0.610. The molecule has 24 heavy (non-hydrogen) atoms. The van der Waals surface area contributed by atoms with Crippen LogP contribution in [0, 0.1) is 0 Å². The summed E-state index contributed by atoms with van der Waals surface area (Å²) < 4.78 is 39.1. The van der Waals surface area contributed by atoms with Crippen LogP contribution in [0.4, 0.5) is 18.9 Å². The third-order valence-corrected chi connectivity index (χ3v) is 3.68. The molecule has 0 bridgehead atoms. The van der Waals surface area contributed by atoms with Gasteiger partial charge in [0.1, 0.15) is 0 Å². The van der Waals surface area contributed by atoms with E-state index < -0.39 is 17.6 Å². The number of carbonyl (C=O) groups is 1. The van der Waals surface area contributed by atoms with Crippen LogP contribution in [0.2, 0.25) is 0 Å². The lowest BCUT2D eigenvalue weighted by molar-refractivity contribution is -0.138. The topological polar surface area (TPSA) is 23.6 Å². The molecule has 0 heterocycles. The zero-order valence-corrected chi connectivity index (χ0v) is 13.8. The van der Waals surface area contributed by atoms with Crippen molar-refractivity contribution in [2.45, 2.75) is 12.7 Å². The van der Waals surface area contributed by atoms with Gasteiger partial charge in [-0.15, -0.1) is 0 Å². The first-order chi connectivity index (χ1) is 11.2. The van der Waals surface area contributed by atoms with Crippen LogP contribution in [0.5, 0.6) is 0 Å². The summed E-state index contributed by atoms with van der Waals surface area (Å²) in [5, 5.41) is 0. The number of alkyl halides is 3. The second kappa shape index (κ2) is 6.95. The van der Waals surface area contributed by atoms with Gasteiger partial charge in [-0.2, -0.15) is 13.2 Å². The number of nitrogens with zero attached hydrogens (tertiary/aromatic N) is 2. The average molecular weight is 336 g/mol. The minimum absolute atomic E-state index is 0.235. The SMILES string of the molecule is CN(Cc1ccc(N(C)C)cc1)C(=O)c1ccccc1C(F)(F)F. The van der Waals surface area contributed by atoms with Gasteiger partial charge in [0.05, 0.1) is 11.1 Å². The Balaban J connectivity index is 2.19. The van der Waals surface area contributed by atoms with Crippen molar-refractivity contribution in [3.05, 3.63) is 65.2 Å². The van der Waals surface area contributed by atoms with Crippen molar-refractivity contribution in [3.63, 3.8) is 0 Å². The summed E-state index contributed by atoms with van der Waals surface area (Å²) in [6.07, 6.45) is -4.56. The van der Waals surface area contributed by atoms with E-state index in [4.69, 9.17) is 0 Å². The fourth-order valence-electron chi connectivity index (χ4n) is 2.37. The average Bonchev–Trinajstić information content (AvgIpc) is 2.53. The Morgan fingerprint density at radius 1 is 0.958 bits per heavy atom. The highest BCUT2D eigenvalue weighted by molar-refractivity contribution is 5.95. The molecule has 3 nitrogen and oxygen atoms in total. The molecule has 0 aliphatic heterocycles. The Bertz CT molecular complexity index is 709. The molecule has 0 aliphatic carbocycles. The van der Waals surface area contributed by atoms with Crippen molar-refractivity contribution in [1.29, 1.82) is 0 Å². The Hall–Kier alpha value is -2.50. The number of rotatable bonds is 4. The highest BCUT2D eigenvalue weighted by Crippen LogP contribution is 2.32. The van der Waals surface area contributed by atoms with Crippen molar-refractivity contribution >= 4 is 11.6 Å². The van der Waals surface area contributed by atoms with Gasteiger partial charge in [0, 0.05) is 33.4 Å². The van der Waals surface area contributed by atoms with E-state index in [1.165, 1.54) is 30.1 Å². The standard InChI is InChI=1S/C18H19F3N2O/c1-22(2)14-10-8-13(9-11-14)12-23(3)17(24)15-6-4-5-7-16(15)18(19,20)21/h4-11H,12H2,1-3H3. The molecule has 0 saturated carbocycles. The summed E-state index contributed by atoms with van der Waals surface area (Å²) in [5.74, 6) is -0.653. The Labute approximate surface area is 139 Å². The monoisotopic (exact) mass is 336 g/mol. The van der Waals surface area contributed by atoms with Crippen molar-refractivity contribution in [3.8, 4) is 0 Å². The second-order valence-corrected chi connectivity index (χ2v) is 5.77. The molecule has 1 amide bonds. The number of hydrogen-bond acceptors (Lipinski definition) is 2. The third kappa shape index (κ3) is 4.07. The van der Waals surface area contributed by atoms with Crippen LogP contribution in [-0.4, -0.2) is 32.0 Å². The molecule has 0 unspecified atom stereocenters. The Kier molecular flexibility index (Phi) is 5.17. The molecule has 0 radical (unpaired) electrons. The van der Waals surface area contributed by atoms with E-state index in [0.717, 1.165) is 17.3 Å². The molecule has 128 valence electrons. The number of amides is 1. The molecule has 0 aromatic heterocycles. The number of hydrogen-bond donors (Lipinski definition) is 0. The van der Waals surface area contributed by atoms with Gasteiger partial charge in [0.2, 0.25) is 0 Å². The maximum atomic E-state index is 13.0. The zero-order chi connectivity index (χ0) is 17.9. The third-order valence-electron chi connectivity index (χ3n) is 3.68. The van der Waals surface area contributed by atoms with Crippen molar-refractivity contribution in [1.82, 2.24) is 4.90 Å². The lowest BCUT2D eigenvalue weighted by Gasteiger charge is -2.20. The van der Waals surface area contributed by atoms with E-state index in [0.29, 0.717) is 0 Å². The lowest BCUT2D eigenvalue weighted by Crippen LogP contribution is -2.28. The fraction of sp³-hybridized carbons (Fsp3) is 0.278. The molecule has 0 N–H and O–H groups in total. The predicted molar refractivity (Wildman–Crippen MR) is 88.0 cm³/mol. The maximum absolute atomic E-state index is 13.0. The largest absolute Gasteiger partial charge is 0.417 e. The molecular formula is C18H19F3N2O. The highest BCUT2D eigenvalue weighted by atomic mass is 19.4. The normalized spacial score (nSPS) is 11.2. The van der Waals surface area contributed by atoms with Crippen molar-refractivity contribution < 1.29 is 18.0 Å². The molecule has 2 aromatic rings. The highest BCUT2D eigenvalue weighted by Gasteiger charge is 2.35. The predicted octanol–water partition coefficient (Wildman–Crippen LogP) is 4.04. The number of carbonyl (C=O) groups excluding carboxylic acids is 1. The van der Waals surface area contributed by atoms with Gasteiger partial charge in [-0.05, 0) is 29.8 Å². The van der Waals surface area contributed by atoms with Gasteiger partial charge in [-0.25, -0.2) is 0 Å². The molecule has 0 saturated heterocycles. The number of halogens is 3. The smallest absolute Gasteiger partial charge is 0.378 e. The molecule has 0 fully saturated rings. The van der Waals surface area contributed by atoms with E-state index in [9.17, 15) is 18.0 Å². The summed E-state index contributed by atoms with van der Waals surface area (Å²) in [4.78, 5) is 15.6. The van der Waals surface area contributed by atoms with Gasteiger partial charge in [-0.3, -0.25) is 4.79 Å². The van der Waals surface area contributed by atoms with Crippen LogP contribution in [0.1, 0.15) is 21.5 Å². The molecule has 2 rings (SSSR count). The summed E-state index contributed by atoms with van der Waals surface area (Å²) in [6.45, 7) is 0.235. The van der Waals surface area contributed by atoms with E-state index in [1.54, 1.807) is 0 Å². The molecule has 2 aromatic carbocycles. The summed E-state index contributed by atoms with van der Waals surface area (Å²) in [6, 6.07) is 12.4. The fourth-order valence-corrected chi connectivity index (χ4v) is 2.37. The van der Waals surface area contributed by atoms with Crippen LogP contribution < -0.4 is 4.90 Å². The van der Waals surface area contributed by atoms with E-state index in [2.05, 4.69) is 0 Å². The summed E-state index contributed by atoms with van der Waals surface area (Å²) in [7, 11) is 5.33. The molecular weight excluding hydrogens is 317 g/mol. The van der Waals surface area contributed by atoms with Crippen LogP contribution in [0.25, 0.3) is 0 Å². The first kappa shape index (κ1) is 17.8. The molecule has 0 spiro atoms. The Morgan fingerprint density at radius 3 is 2.08 bits per heavy atom. The zero-order valence-electron chi connectivity index (χ0n) is 13.8. The van der Waals surface area contributed by atoms with E-state index >= 15 is 0 Å². The minimum Gasteiger partial charge on any atom is -0.378 e. The van der Waals surface area contributed by atoms with Gasteiger partial charge in [-0.1, -0.05) is 24.3 Å². The first-order valence-electron chi connectivity index (χ1n) is 7.38. The van der Waals surface area contributed by atoms with Crippen LogP contribution in [0.15, 0.2) is 48.5 Å². The van der Waals surface area contributed by atoms with Gasteiger partial charge in [0.15, 0.2) is 0 Å². The van der Waals surface area contributed by atoms with Gasteiger partial charge in [0.25, 0.3) is 5.91 Å². The quantitative estimate of drug-likeness (QED) is 0.841. The lowest BCUT2D eigenvalue weighted by atomic mass is 10.1. The van der Waals surface area contributed by atoms with Gasteiger partial charge >= 0.3 is 6.18 Å².